The van der Waals surface area contributed by atoms with Gasteiger partial charge in [-0.3, -0.25) is 0 Å². The van der Waals surface area contributed by atoms with Crippen LogP contribution in [0.1, 0.15) is 47.5 Å². The average Bonchev–Trinajstić information content (AvgIpc) is 2.25. The lowest BCUT2D eigenvalue weighted by molar-refractivity contribution is -0.132. The fourth-order valence-corrected chi connectivity index (χ4v) is 1.62. The molecule has 0 aromatic carbocycles. The van der Waals surface area contributed by atoms with Crippen LogP contribution in [-0.4, -0.2) is 18.6 Å². The fraction of sp³-hybridized carbons (Fsp3) is 0.714. The van der Waals surface area contributed by atoms with Gasteiger partial charge < -0.3 is 10.1 Å². The van der Waals surface area contributed by atoms with Gasteiger partial charge in [0.15, 0.2) is 0 Å². The van der Waals surface area contributed by atoms with Crippen LogP contribution in [0.3, 0.4) is 0 Å². The Balaban J connectivity index is 3.99. The molecule has 0 aliphatic heterocycles. The Morgan fingerprint density at radius 3 is 2.39 bits per heavy atom. The summed E-state index contributed by atoms with van der Waals surface area (Å²) < 4.78 is 4.53. The van der Waals surface area contributed by atoms with Crippen LogP contribution in [-0.2, 0) is 9.53 Å². The molecule has 1 unspecified atom stereocenters. The number of alkyl carbamates (subject to hydrolysis) is 1. The van der Waals surface area contributed by atoms with E-state index in [-0.39, 0.29) is 11.0 Å². The van der Waals surface area contributed by atoms with Gasteiger partial charge in [-0.05, 0) is 24.7 Å². The van der Waals surface area contributed by atoms with Crippen molar-refractivity contribution >= 4 is 12.1 Å². The summed E-state index contributed by atoms with van der Waals surface area (Å²) in [6, 6.07) is 0. The zero-order chi connectivity index (χ0) is 14.3. The van der Waals surface area contributed by atoms with E-state index < -0.39 is 12.1 Å². The molecule has 1 amide bonds. The molecule has 0 rings (SSSR count). The largest absolute Gasteiger partial charge is 0.415 e. The molecule has 0 saturated carbocycles. The Bertz CT molecular complexity index is 321. The highest BCUT2D eigenvalue weighted by Gasteiger charge is 2.19. The van der Waals surface area contributed by atoms with Gasteiger partial charge >= 0.3 is 12.1 Å². The van der Waals surface area contributed by atoms with Gasteiger partial charge in [-0.2, -0.15) is 0 Å². The lowest BCUT2D eigenvalue weighted by Crippen LogP contribution is -2.32. The van der Waals surface area contributed by atoms with E-state index in [0.717, 1.165) is 12.8 Å². The minimum Gasteiger partial charge on any atom is -0.373 e. The number of carbonyl (C=O) groups is 2. The van der Waals surface area contributed by atoms with Gasteiger partial charge in [-0.1, -0.05) is 40.7 Å². The molecule has 0 saturated heterocycles. The van der Waals surface area contributed by atoms with Crippen molar-refractivity contribution < 1.29 is 14.3 Å². The highest BCUT2D eigenvalue weighted by molar-refractivity contribution is 5.94. The first-order chi connectivity index (χ1) is 8.18. The van der Waals surface area contributed by atoms with Crippen LogP contribution < -0.4 is 5.32 Å². The van der Waals surface area contributed by atoms with Gasteiger partial charge in [0.2, 0.25) is 0 Å². The molecule has 0 aliphatic rings. The topological polar surface area (TPSA) is 55.4 Å². The fourth-order valence-electron chi connectivity index (χ4n) is 1.62. The highest BCUT2D eigenvalue weighted by Crippen LogP contribution is 2.28. The normalized spacial score (nSPS) is 12.7. The molecule has 0 fully saturated rings. The molecular formula is C14H25NO3. The summed E-state index contributed by atoms with van der Waals surface area (Å²) in [7, 11) is 0. The maximum Gasteiger partial charge on any atom is 0.415 e. The number of carbonyl (C=O) groups excluding carboxylic acids is 2. The van der Waals surface area contributed by atoms with Crippen LogP contribution in [0, 0.1) is 11.3 Å². The lowest BCUT2D eigenvalue weighted by atomic mass is 9.81. The minimum absolute atomic E-state index is 0.213. The average molecular weight is 255 g/mol. The van der Waals surface area contributed by atoms with Gasteiger partial charge in [0.1, 0.15) is 0 Å². The van der Waals surface area contributed by atoms with E-state index >= 15 is 0 Å². The van der Waals surface area contributed by atoms with Crippen LogP contribution >= 0.6 is 0 Å². The smallest absolute Gasteiger partial charge is 0.373 e. The van der Waals surface area contributed by atoms with Gasteiger partial charge in [0.25, 0.3) is 0 Å². The second-order valence-electron chi connectivity index (χ2n) is 5.67. The molecule has 0 spiro atoms. The number of hydrogen-bond acceptors (Lipinski definition) is 3. The Morgan fingerprint density at radius 2 is 1.94 bits per heavy atom. The molecule has 0 bridgehead atoms. The van der Waals surface area contributed by atoms with E-state index in [9.17, 15) is 9.59 Å². The zero-order valence-corrected chi connectivity index (χ0v) is 12.1. The van der Waals surface area contributed by atoms with Crippen LogP contribution in [0.15, 0.2) is 12.2 Å². The number of ether oxygens (including phenoxy) is 1. The first-order valence-electron chi connectivity index (χ1n) is 6.33. The molecule has 4 heteroatoms. The Morgan fingerprint density at radius 1 is 1.39 bits per heavy atom. The van der Waals surface area contributed by atoms with Crippen LogP contribution in [0.25, 0.3) is 0 Å². The monoisotopic (exact) mass is 255 g/mol. The van der Waals surface area contributed by atoms with Crippen molar-refractivity contribution in [2.75, 3.05) is 6.54 Å². The summed E-state index contributed by atoms with van der Waals surface area (Å²) in [5, 5.41) is 2.59. The number of amides is 1. The van der Waals surface area contributed by atoms with Crippen molar-refractivity contribution in [2.45, 2.75) is 47.5 Å². The van der Waals surface area contributed by atoms with Crippen molar-refractivity contribution in [1.82, 2.24) is 5.32 Å². The van der Waals surface area contributed by atoms with Crippen molar-refractivity contribution in [3.05, 3.63) is 12.2 Å². The summed E-state index contributed by atoms with van der Waals surface area (Å²) in [5.74, 6) is -0.346. The van der Waals surface area contributed by atoms with Gasteiger partial charge in [-0.25, -0.2) is 9.59 Å². The first-order valence-corrected chi connectivity index (χ1v) is 6.33. The summed E-state index contributed by atoms with van der Waals surface area (Å²) in [4.78, 5) is 22.4. The Labute approximate surface area is 110 Å². The zero-order valence-electron chi connectivity index (χ0n) is 12.1. The second-order valence-corrected chi connectivity index (χ2v) is 5.67. The molecular weight excluding hydrogens is 230 g/mol. The summed E-state index contributed by atoms with van der Waals surface area (Å²) in [6.45, 7) is 14.0. The Kier molecular flexibility index (Phi) is 6.66. The third-order valence-electron chi connectivity index (χ3n) is 2.99. The molecule has 18 heavy (non-hydrogen) atoms. The lowest BCUT2D eigenvalue weighted by Gasteiger charge is -2.26. The van der Waals surface area contributed by atoms with Gasteiger partial charge in [0.05, 0.1) is 0 Å². The molecule has 0 aromatic rings. The summed E-state index contributed by atoms with van der Waals surface area (Å²) in [6.07, 6.45) is 1.40. The molecule has 4 nitrogen and oxygen atoms in total. The van der Waals surface area contributed by atoms with E-state index in [1.165, 1.54) is 6.92 Å². The third-order valence-corrected chi connectivity index (χ3v) is 2.99. The van der Waals surface area contributed by atoms with Crippen molar-refractivity contribution in [3.63, 3.8) is 0 Å². The van der Waals surface area contributed by atoms with E-state index in [1.807, 2.05) is 0 Å². The van der Waals surface area contributed by atoms with Crippen molar-refractivity contribution in [1.29, 1.82) is 0 Å². The van der Waals surface area contributed by atoms with Gasteiger partial charge in [-0.15, -0.1) is 0 Å². The molecule has 0 aromatic heterocycles. The maximum atomic E-state index is 11.3. The summed E-state index contributed by atoms with van der Waals surface area (Å²) >= 11 is 0. The second kappa shape index (κ2) is 7.19. The molecule has 0 radical (unpaired) electrons. The number of hydrogen-bond donors (Lipinski definition) is 1. The van der Waals surface area contributed by atoms with E-state index in [0.29, 0.717) is 12.5 Å². The van der Waals surface area contributed by atoms with Gasteiger partial charge in [0, 0.05) is 12.1 Å². The predicted octanol–water partition coefficient (Wildman–Crippen LogP) is 3.28. The van der Waals surface area contributed by atoms with Crippen molar-refractivity contribution in [3.8, 4) is 0 Å². The third kappa shape index (κ3) is 7.09. The highest BCUT2D eigenvalue weighted by atomic mass is 16.6. The maximum absolute atomic E-state index is 11.3. The molecule has 1 N–H and O–H groups in total. The number of rotatable bonds is 6. The van der Waals surface area contributed by atoms with Crippen LogP contribution in [0.4, 0.5) is 4.79 Å². The Hall–Kier alpha value is -1.32. The molecule has 0 aliphatic carbocycles. The van der Waals surface area contributed by atoms with Crippen molar-refractivity contribution in [2.24, 2.45) is 11.3 Å². The van der Waals surface area contributed by atoms with E-state index in [2.05, 4.69) is 44.3 Å². The number of nitrogens with one attached hydrogen (secondary N) is 1. The molecule has 0 heterocycles. The summed E-state index contributed by atoms with van der Waals surface area (Å²) in [5.41, 5.74) is 0.476. The molecule has 104 valence electrons. The standard InChI is InChI=1S/C14H25NO3/c1-7-14(5,6)8-11(4)9-15-13(17)18-12(16)10(2)3/h11H,2,7-9H2,1,3-6H3,(H,15,17). The number of esters is 1. The van der Waals surface area contributed by atoms with E-state index in [4.69, 9.17) is 0 Å². The molecule has 1 atom stereocenters. The van der Waals surface area contributed by atoms with Crippen LogP contribution in [0.2, 0.25) is 0 Å². The predicted molar refractivity (Wildman–Crippen MR) is 72.2 cm³/mol. The SMILES string of the molecule is C=C(C)C(=O)OC(=O)NCC(C)CC(C)(C)CC. The quantitative estimate of drug-likeness (QED) is 0.450. The van der Waals surface area contributed by atoms with Crippen LogP contribution in [0.5, 0.6) is 0 Å². The first kappa shape index (κ1) is 16.7. The van der Waals surface area contributed by atoms with E-state index in [1.54, 1.807) is 0 Å². The minimum atomic E-state index is -0.704.